The fraction of sp³-hybridized carbons (Fsp3) is 0.464. The lowest BCUT2D eigenvalue weighted by Crippen LogP contribution is -2.51. The Balaban J connectivity index is 0.000000569. The molecular weight excluding hydrogens is 593 g/mol. The molecule has 2 amide bonds. The summed E-state index contributed by atoms with van der Waals surface area (Å²) < 4.78 is 44.9. The number of carbonyl (C=O) groups is 2. The molecule has 0 heterocycles. The third-order valence-corrected chi connectivity index (χ3v) is 7.86. The number of hydrogen-bond acceptors (Lipinski definition) is 9. The van der Waals surface area contributed by atoms with E-state index in [0.717, 1.165) is 18.4 Å². The Labute approximate surface area is 258 Å². The summed E-state index contributed by atoms with van der Waals surface area (Å²) in [6.45, 7) is 0.877. The predicted molar refractivity (Wildman–Crippen MR) is 165 cm³/mol. The number of nitrogens with two attached hydrogens (primary N) is 1. The Kier molecular flexibility index (Phi) is 14.9. The van der Waals surface area contributed by atoms with Crippen molar-refractivity contribution in [2.75, 3.05) is 27.3 Å². The van der Waals surface area contributed by atoms with Crippen LogP contribution in [0.1, 0.15) is 44.1 Å². The minimum atomic E-state index is -4.00. The van der Waals surface area contributed by atoms with Crippen LogP contribution < -0.4 is 31.3 Å². The molecule has 1 aliphatic carbocycles. The molecule has 1 aliphatic rings. The summed E-state index contributed by atoms with van der Waals surface area (Å²) in [5, 5.41) is 22.6. The first-order chi connectivity index (χ1) is 20.9. The lowest BCUT2D eigenvalue weighted by atomic mass is 9.82. The Hall–Kier alpha value is -3.86. The minimum Gasteiger partial charge on any atom is -0.493 e. The molecule has 1 fully saturated rings. The molecule has 14 nitrogen and oxygen atoms in total. The highest BCUT2D eigenvalue weighted by Gasteiger charge is 2.48. The Bertz CT molecular complexity index is 1330. The minimum absolute atomic E-state index is 0.0741. The number of hydrogen-bond donors (Lipinski definition) is 7. The average Bonchev–Trinajstić information content (AvgIpc) is 3.51. The van der Waals surface area contributed by atoms with E-state index in [1.54, 1.807) is 32.4 Å². The molecule has 44 heavy (non-hydrogen) atoms. The lowest BCUT2D eigenvalue weighted by molar-refractivity contribution is -0.148. The third-order valence-electron chi connectivity index (χ3n) is 7.00. The highest BCUT2D eigenvalue weighted by molar-refractivity contribution is 7.85. The second-order valence-corrected chi connectivity index (χ2v) is 11.5. The normalized spacial score (nSPS) is 13.5. The van der Waals surface area contributed by atoms with Crippen LogP contribution in [0.4, 0.5) is 0 Å². The molecule has 0 unspecified atom stereocenters. The summed E-state index contributed by atoms with van der Waals surface area (Å²) in [5.74, 6) is 0.269. The first-order valence-corrected chi connectivity index (χ1v) is 15.6. The lowest BCUT2D eigenvalue weighted by Gasteiger charge is -2.26. The molecule has 0 atom stereocenters. The molecule has 242 valence electrons. The van der Waals surface area contributed by atoms with Crippen molar-refractivity contribution in [3.63, 3.8) is 0 Å². The number of benzene rings is 2. The molecule has 0 bridgehead atoms. The highest BCUT2D eigenvalue weighted by Crippen LogP contribution is 2.38. The van der Waals surface area contributed by atoms with Gasteiger partial charge in [0.1, 0.15) is 5.41 Å². The summed E-state index contributed by atoms with van der Waals surface area (Å²) in [6, 6.07) is 13.0. The van der Waals surface area contributed by atoms with E-state index in [1.807, 2.05) is 18.2 Å². The molecule has 0 spiro atoms. The van der Waals surface area contributed by atoms with Gasteiger partial charge >= 0.3 is 7.12 Å². The van der Waals surface area contributed by atoms with Crippen LogP contribution in [0, 0.1) is 10.8 Å². The third kappa shape index (κ3) is 11.7. The van der Waals surface area contributed by atoms with Crippen LogP contribution in [0.2, 0.25) is 6.32 Å². The molecule has 0 aromatic heterocycles. The smallest absolute Gasteiger partial charge is 0.479 e. The zero-order valence-corrected chi connectivity index (χ0v) is 25.8. The van der Waals surface area contributed by atoms with E-state index in [1.165, 1.54) is 12.1 Å². The highest BCUT2D eigenvalue weighted by atomic mass is 32.2. The van der Waals surface area contributed by atoms with Gasteiger partial charge in [-0.2, -0.15) is 8.42 Å². The zero-order valence-electron chi connectivity index (χ0n) is 25.0. The quantitative estimate of drug-likeness (QED) is 0.0283. The number of ether oxygens (including phenoxy) is 2. The molecular formula is C28H42BN5O9S. The van der Waals surface area contributed by atoms with Gasteiger partial charge in [-0.3, -0.25) is 24.3 Å². The SMILES string of the molecule is COc1ccc(CCNC(=O)C2(C(=O)NOB(O)CCCCNC(=N)N)CCCC2)cc1OC.O=S(=O)(O)c1ccccc1. The summed E-state index contributed by atoms with van der Waals surface area (Å²) in [4.78, 5) is 25.8. The molecule has 0 radical (unpaired) electrons. The molecule has 0 aliphatic heterocycles. The first kappa shape index (κ1) is 36.3. The maximum Gasteiger partial charge on any atom is 0.479 e. The number of carbonyl (C=O) groups excluding carboxylic acids is 2. The van der Waals surface area contributed by atoms with Crippen LogP contribution in [0.15, 0.2) is 53.4 Å². The van der Waals surface area contributed by atoms with E-state index in [9.17, 15) is 23.0 Å². The predicted octanol–water partition coefficient (Wildman–Crippen LogP) is 1.65. The van der Waals surface area contributed by atoms with Crippen LogP contribution in [-0.4, -0.2) is 70.2 Å². The van der Waals surface area contributed by atoms with Gasteiger partial charge in [-0.15, -0.1) is 0 Å². The van der Waals surface area contributed by atoms with Gasteiger partial charge in [-0.05, 0) is 61.8 Å². The van der Waals surface area contributed by atoms with Crippen LogP contribution in [0.25, 0.3) is 0 Å². The van der Waals surface area contributed by atoms with Gasteiger partial charge < -0.3 is 30.9 Å². The second-order valence-electron chi connectivity index (χ2n) is 10.1. The molecule has 1 saturated carbocycles. The first-order valence-electron chi connectivity index (χ1n) is 14.2. The van der Waals surface area contributed by atoms with E-state index < -0.39 is 28.6 Å². The number of guanidine groups is 1. The van der Waals surface area contributed by atoms with Gasteiger partial charge in [-0.25, -0.2) is 5.48 Å². The summed E-state index contributed by atoms with van der Waals surface area (Å²) in [5.41, 5.74) is 7.25. The van der Waals surface area contributed by atoms with Gasteiger partial charge in [0, 0.05) is 13.1 Å². The van der Waals surface area contributed by atoms with Gasteiger partial charge in [0.25, 0.3) is 16.0 Å². The van der Waals surface area contributed by atoms with Crippen molar-refractivity contribution in [3.8, 4) is 11.5 Å². The van der Waals surface area contributed by atoms with Crippen molar-refractivity contribution in [2.45, 2.75) is 56.2 Å². The fourth-order valence-corrected chi connectivity index (χ4v) is 5.10. The summed E-state index contributed by atoms with van der Waals surface area (Å²) in [7, 11) is -2.05. The number of hydroxylamine groups is 1. The van der Waals surface area contributed by atoms with Gasteiger partial charge in [0.15, 0.2) is 17.5 Å². The van der Waals surface area contributed by atoms with Gasteiger partial charge in [0.2, 0.25) is 5.91 Å². The zero-order chi connectivity index (χ0) is 32.6. The van der Waals surface area contributed by atoms with Crippen LogP contribution in [-0.2, 0) is 30.9 Å². The number of nitrogens with one attached hydrogen (secondary N) is 4. The fourth-order valence-electron chi connectivity index (χ4n) is 4.60. The van der Waals surface area contributed by atoms with Gasteiger partial charge in [-0.1, -0.05) is 43.5 Å². The molecule has 2 aromatic rings. The van der Waals surface area contributed by atoms with Crippen LogP contribution in [0.3, 0.4) is 0 Å². The van der Waals surface area contributed by atoms with E-state index >= 15 is 0 Å². The second kappa shape index (κ2) is 18.1. The van der Waals surface area contributed by atoms with E-state index in [2.05, 4.69) is 16.1 Å². The van der Waals surface area contributed by atoms with Crippen molar-refractivity contribution in [1.29, 1.82) is 5.41 Å². The Morgan fingerprint density at radius 1 is 0.977 bits per heavy atom. The average molecular weight is 636 g/mol. The number of rotatable bonds is 15. The maximum atomic E-state index is 13.0. The maximum absolute atomic E-state index is 13.0. The van der Waals surface area contributed by atoms with Crippen LogP contribution >= 0.6 is 0 Å². The Morgan fingerprint density at radius 2 is 1.64 bits per heavy atom. The van der Waals surface area contributed by atoms with E-state index in [4.69, 9.17) is 29.9 Å². The van der Waals surface area contributed by atoms with Crippen molar-refractivity contribution < 1.29 is 41.8 Å². The van der Waals surface area contributed by atoms with Crippen molar-refractivity contribution in [2.24, 2.45) is 11.1 Å². The number of methoxy groups -OCH3 is 2. The number of amides is 2. The van der Waals surface area contributed by atoms with Crippen molar-refractivity contribution in [3.05, 3.63) is 54.1 Å². The van der Waals surface area contributed by atoms with E-state index in [-0.39, 0.29) is 16.8 Å². The standard InChI is InChI=1S/C22H36BN5O6.C6H6O3S/c1-32-17-8-7-16(15-18(17)33-2)9-14-26-19(29)22(10-3-4-11-22)20(30)28-34-23(31)12-5-6-13-27-21(24)25;7-10(8,9)6-4-2-1-3-5-6/h7-8,15,31H,3-6,9-14H2,1-2H3,(H,26,29)(H,28,30)(H4,24,25,27);1-5H,(H,7,8,9). The van der Waals surface area contributed by atoms with Gasteiger partial charge in [0.05, 0.1) is 19.1 Å². The van der Waals surface area contributed by atoms with E-state index in [0.29, 0.717) is 63.0 Å². The Morgan fingerprint density at radius 3 is 2.20 bits per heavy atom. The molecule has 0 saturated heterocycles. The molecule has 8 N–H and O–H groups in total. The topological polar surface area (TPSA) is 222 Å². The molecule has 3 rings (SSSR count). The summed E-state index contributed by atoms with van der Waals surface area (Å²) in [6.07, 6.45) is 4.54. The largest absolute Gasteiger partial charge is 0.493 e. The van der Waals surface area contributed by atoms with Crippen molar-refractivity contribution in [1.82, 2.24) is 16.1 Å². The number of unbranched alkanes of at least 4 members (excludes halogenated alkanes) is 1. The summed E-state index contributed by atoms with van der Waals surface area (Å²) >= 11 is 0. The van der Waals surface area contributed by atoms with Crippen LogP contribution in [0.5, 0.6) is 11.5 Å². The van der Waals surface area contributed by atoms with Crippen molar-refractivity contribution >= 4 is 35.0 Å². The monoisotopic (exact) mass is 635 g/mol. The molecule has 2 aromatic carbocycles. The molecule has 16 heteroatoms.